The number of hydrogen-bond acceptors (Lipinski definition) is 5. The molecule has 1 heterocycles. The van der Waals surface area contributed by atoms with Gasteiger partial charge in [-0.1, -0.05) is 13.8 Å². The lowest BCUT2D eigenvalue weighted by molar-refractivity contribution is -0.149. The van der Waals surface area contributed by atoms with Crippen LogP contribution < -0.4 is 11.1 Å². The Labute approximate surface area is 141 Å². The minimum atomic E-state index is -0.996. The molecule has 1 aliphatic rings. The van der Waals surface area contributed by atoms with Crippen LogP contribution in [0.15, 0.2) is 0 Å². The number of hydrogen-bond donors (Lipinski definition) is 3. The minimum absolute atomic E-state index is 0.0372. The van der Waals surface area contributed by atoms with E-state index in [1.807, 2.05) is 20.1 Å². The number of nitrogens with two attached hydrogens (primary N) is 1. The third-order valence-corrected chi connectivity index (χ3v) is 4.71. The second-order valence-corrected chi connectivity index (χ2v) is 7.13. The number of carboxylic acids is 1. The van der Waals surface area contributed by atoms with Gasteiger partial charge >= 0.3 is 5.97 Å². The summed E-state index contributed by atoms with van der Waals surface area (Å²) >= 11 is 1.57. The molecule has 1 rings (SSSR count). The van der Waals surface area contributed by atoms with Crippen LogP contribution in [0.25, 0.3) is 0 Å². The number of carbonyl (C=O) groups excluding carboxylic acids is 2. The zero-order valence-corrected chi connectivity index (χ0v) is 14.8. The van der Waals surface area contributed by atoms with Gasteiger partial charge in [-0.25, -0.2) is 4.79 Å². The smallest absolute Gasteiger partial charge is 0.326 e. The lowest BCUT2D eigenvalue weighted by atomic mass is 10.0. The maximum atomic E-state index is 12.7. The first kappa shape index (κ1) is 19.8. The van der Waals surface area contributed by atoms with Crippen LogP contribution in [0, 0.1) is 5.92 Å². The van der Waals surface area contributed by atoms with E-state index in [0.717, 1.165) is 0 Å². The standard InChI is InChI=1S/C15H27N3O4S/c1-9(2)12(16)13(19)17-10(6-8-23-3)14(20)18-7-4-5-11(18)15(21)22/h9-12H,4-8,16H2,1-3H3,(H,17,19)(H,21,22). The highest BCUT2D eigenvalue weighted by Gasteiger charge is 2.37. The maximum Gasteiger partial charge on any atom is 0.326 e. The van der Waals surface area contributed by atoms with Gasteiger partial charge in [-0.3, -0.25) is 9.59 Å². The summed E-state index contributed by atoms with van der Waals surface area (Å²) in [7, 11) is 0. The summed E-state index contributed by atoms with van der Waals surface area (Å²) in [6.07, 6.45) is 3.49. The summed E-state index contributed by atoms with van der Waals surface area (Å²) in [6, 6.07) is -2.21. The molecule has 3 atom stereocenters. The molecule has 3 unspecified atom stereocenters. The topological polar surface area (TPSA) is 113 Å². The molecule has 0 spiro atoms. The Kier molecular flexibility index (Phi) is 7.84. The SMILES string of the molecule is CSCCC(NC(=O)C(N)C(C)C)C(=O)N1CCCC1C(=O)O. The van der Waals surface area contributed by atoms with E-state index in [0.29, 0.717) is 31.6 Å². The van der Waals surface area contributed by atoms with Gasteiger partial charge in [0.1, 0.15) is 12.1 Å². The number of aliphatic carboxylic acids is 1. The molecule has 1 saturated heterocycles. The lowest BCUT2D eigenvalue weighted by Gasteiger charge is -2.28. The summed E-state index contributed by atoms with van der Waals surface area (Å²) < 4.78 is 0. The van der Waals surface area contributed by atoms with Crippen molar-refractivity contribution in [1.82, 2.24) is 10.2 Å². The second kappa shape index (κ2) is 9.12. The third-order valence-electron chi connectivity index (χ3n) is 4.07. The molecule has 2 amide bonds. The Morgan fingerprint density at radius 3 is 2.57 bits per heavy atom. The van der Waals surface area contributed by atoms with Gasteiger partial charge in [0.25, 0.3) is 0 Å². The molecule has 0 aromatic heterocycles. The molecule has 0 bridgehead atoms. The number of rotatable bonds is 8. The fourth-order valence-corrected chi connectivity index (χ4v) is 3.02. The molecule has 0 aromatic rings. The van der Waals surface area contributed by atoms with Crippen molar-refractivity contribution in [3.8, 4) is 0 Å². The van der Waals surface area contributed by atoms with Gasteiger partial charge in [0.15, 0.2) is 0 Å². The molecule has 7 nitrogen and oxygen atoms in total. The molecule has 0 aliphatic carbocycles. The molecule has 132 valence electrons. The molecule has 0 aromatic carbocycles. The molecule has 23 heavy (non-hydrogen) atoms. The van der Waals surface area contributed by atoms with Crippen LogP contribution in [0.3, 0.4) is 0 Å². The zero-order valence-electron chi connectivity index (χ0n) is 13.9. The van der Waals surface area contributed by atoms with E-state index in [1.54, 1.807) is 11.8 Å². The molecule has 0 radical (unpaired) electrons. The van der Waals surface area contributed by atoms with E-state index in [2.05, 4.69) is 5.32 Å². The van der Waals surface area contributed by atoms with Crippen molar-refractivity contribution in [3.63, 3.8) is 0 Å². The van der Waals surface area contributed by atoms with Crippen molar-refractivity contribution in [2.45, 2.75) is 51.2 Å². The summed E-state index contributed by atoms with van der Waals surface area (Å²) in [6.45, 7) is 4.09. The molecule has 1 fully saturated rings. The zero-order chi connectivity index (χ0) is 17.6. The first-order chi connectivity index (χ1) is 10.8. The van der Waals surface area contributed by atoms with Crippen LogP contribution in [-0.4, -0.2) is 64.5 Å². The second-order valence-electron chi connectivity index (χ2n) is 6.14. The lowest BCUT2D eigenvalue weighted by Crippen LogP contribution is -2.55. The molecule has 0 saturated carbocycles. The van der Waals surface area contributed by atoms with Gasteiger partial charge in [0.2, 0.25) is 11.8 Å². The van der Waals surface area contributed by atoms with Crippen LogP contribution in [0.5, 0.6) is 0 Å². The van der Waals surface area contributed by atoms with Crippen LogP contribution >= 0.6 is 11.8 Å². The quantitative estimate of drug-likeness (QED) is 0.582. The van der Waals surface area contributed by atoms with E-state index >= 15 is 0 Å². The van der Waals surface area contributed by atoms with Gasteiger partial charge in [-0.2, -0.15) is 11.8 Å². The van der Waals surface area contributed by atoms with Crippen molar-refractivity contribution in [1.29, 1.82) is 0 Å². The Morgan fingerprint density at radius 1 is 1.39 bits per heavy atom. The Morgan fingerprint density at radius 2 is 2.04 bits per heavy atom. The number of thioether (sulfide) groups is 1. The highest BCUT2D eigenvalue weighted by atomic mass is 32.2. The van der Waals surface area contributed by atoms with E-state index in [1.165, 1.54) is 4.90 Å². The van der Waals surface area contributed by atoms with Crippen LogP contribution in [0.4, 0.5) is 0 Å². The van der Waals surface area contributed by atoms with E-state index in [9.17, 15) is 19.5 Å². The van der Waals surface area contributed by atoms with Crippen LogP contribution in [0.1, 0.15) is 33.1 Å². The van der Waals surface area contributed by atoms with Crippen molar-refractivity contribution in [2.24, 2.45) is 11.7 Å². The number of nitrogens with one attached hydrogen (secondary N) is 1. The normalized spacial score (nSPS) is 20.4. The summed E-state index contributed by atoms with van der Waals surface area (Å²) in [5.74, 6) is -1.03. The van der Waals surface area contributed by atoms with E-state index < -0.39 is 24.1 Å². The van der Waals surface area contributed by atoms with E-state index in [4.69, 9.17) is 5.73 Å². The average Bonchev–Trinajstić information content (AvgIpc) is 2.99. The monoisotopic (exact) mass is 345 g/mol. The van der Waals surface area contributed by atoms with Crippen molar-refractivity contribution < 1.29 is 19.5 Å². The predicted molar refractivity (Wildman–Crippen MR) is 90.1 cm³/mol. The maximum absolute atomic E-state index is 12.7. The molecular weight excluding hydrogens is 318 g/mol. The van der Waals surface area contributed by atoms with E-state index in [-0.39, 0.29) is 17.7 Å². The summed E-state index contributed by atoms with van der Waals surface area (Å²) in [5, 5.41) is 11.9. The highest BCUT2D eigenvalue weighted by molar-refractivity contribution is 7.98. The number of likely N-dealkylation sites (tertiary alicyclic amines) is 1. The average molecular weight is 345 g/mol. The number of carbonyl (C=O) groups is 3. The van der Waals surface area contributed by atoms with Gasteiger partial charge < -0.3 is 21.1 Å². The predicted octanol–water partition coefficient (Wildman–Crippen LogP) is 0.283. The Hall–Kier alpha value is -1.28. The first-order valence-corrected chi connectivity index (χ1v) is 9.27. The number of nitrogens with zero attached hydrogens (tertiary/aromatic N) is 1. The number of amides is 2. The van der Waals surface area contributed by atoms with Crippen LogP contribution in [0.2, 0.25) is 0 Å². The van der Waals surface area contributed by atoms with Gasteiger partial charge in [-0.05, 0) is 37.2 Å². The first-order valence-electron chi connectivity index (χ1n) is 7.87. The fraction of sp³-hybridized carbons (Fsp3) is 0.800. The Balaban J connectivity index is 2.82. The fourth-order valence-electron chi connectivity index (χ4n) is 2.55. The molecule has 1 aliphatic heterocycles. The summed E-state index contributed by atoms with van der Waals surface area (Å²) in [4.78, 5) is 37.5. The largest absolute Gasteiger partial charge is 0.480 e. The van der Waals surface area contributed by atoms with Crippen molar-refractivity contribution in [2.75, 3.05) is 18.6 Å². The molecule has 4 N–H and O–H groups in total. The molecule has 8 heteroatoms. The Bertz CT molecular complexity index is 444. The van der Waals surface area contributed by atoms with Crippen LogP contribution in [-0.2, 0) is 14.4 Å². The van der Waals surface area contributed by atoms with Gasteiger partial charge in [-0.15, -0.1) is 0 Å². The van der Waals surface area contributed by atoms with Gasteiger partial charge in [0, 0.05) is 6.54 Å². The summed E-state index contributed by atoms with van der Waals surface area (Å²) in [5.41, 5.74) is 5.83. The van der Waals surface area contributed by atoms with Gasteiger partial charge in [0.05, 0.1) is 6.04 Å². The third kappa shape index (κ3) is 5.39. The highest BCUT2D eigenvalue weighted by Crippen LogP contribution is 2.19. The number of carboxylic acid groups (broad SMARTS) is 1. The minimum Gasteiger partial charge on any atom is -0.480 e. The molecular formula is C15H27N3O4S. The van der Waals surface area contributed by atoms with Crippen molar-refractivity contribution in [3.05, 3.63) is 0 Å². The van der Waals surface area contributed by atoms with Crippen molar-refractivity contribution >= 4 is 29.5 Å².